The van der Waals surface area contributed by atoms with Gasteiger partial charge in [-0.2, -0.15) is 0 Å². The van der Waals surface area contributed by atoms with Gasteiger partial charge in [-0.25, -0.2) is 4.98 Å². The molecule has 23 heteroatoms. The number of aryl methyl sites for hydroxylation is 1. The van der Waals surface area contributed by atoms with Gasteiger partial charge in [0.05, 0.1) is 164 Å². The number of rotatable bonds is 49. The molecule has 3 aromatic carbocycles. The van der Waals surface area contributed by atoms with Gasteiger partial charge in [-0.05, 0) is 64.7 Å². The average molecular weight is 1090 g/mol. The zero-order valence-corrected chi connectivity index (χ0v) is 44.9. The van der Waals surface area contributed by atoms with E-state index in [0.717, 1.165) is 33.3 Å². The maximum Gasteiger partial charge on any atom is 0.305 e. The van der Waals surface area contributed by atoms with Crippen molar-refractivity contribution < 1.29 is 76.3 Å². The van der Waals surface area contributed by atoms with Gasteiger partial charge in [0.1, 0.15) is 18.2 Å². The van der Waals surface area contributed by atoms with Crippen LogP contribution in [0.25, 0.3) is 32.3 Å². The van der Waals surface area contributed by atoms with Crippen molar-refractivity contribution >= 4 is 34.4 Å². The zero-order chi connectivity index (χ0) is 55.4. The Hall–Kier alpha value is -6.05. The number of hydrogen-bond acceptors (Lipinski definition) is 18. The molecule has 4 rings (SSSR count). The summed E-state index contributed by atoms with van der Waals surface area (Å²) in [5, 5.41) is 23.5. The van der Waals surface area contributed by atoms with Crippen LogP contribution in [0.4, 0.5) is 5.82 Å². The summed E-state index contributed by atoms with van der Waals surface area (Å²) in [6.45, 7) is 12.8. The van der Waals surface area contributed by atoms with E-state index in [2.05, 4.69) is 31.0 Å². The topological polar surface area (TPSA) is 280 Å². The molecule has 0 radical (unpaired) electrons. The Morgan fingerprint density at radius 1 is 0.603 bits per heavy atom. The molecule has 430 valence electrons. The Labute approximate surface area is 456 Å². The molecular formula is C55H79N7O16. The molecule has 78 heavy (non-hydrogen) atoms. The number of amides is 2. The van der Waals surface area contributed by atoms with Crippen molar-refractivity contribution in [3.05, 3.63) is 101 Å². The quantitative estimate of drug-likeness (QED) is 0.0178. The third kappa shape index (κ3) is 30.2. The summed E-state index contributed by atoms with van der Waals surface area (Å²) in [5.41, 5.74) is 11.7. The minimum Gasteiger partial charge on any atom is -0.491 e. The minimum absolute atomic E-state index is 0.217. The SMILES string of the molecule is Cc1ccnc(NCCCC(=O)NCC(=O)N[C@@H](CC(=O)O)c2ccc(-c3ccc(OCCOCCOCCOCCOCCOCCOCCOCCOCCOCCOCCOCCN=[N+]=[N-])c4ccccc34)cc2)c1. The van der Waals surface area contributed by atoms with E-state index in [1.165, 1.54) is 0 Å². The highest BCUT2D eigenvalue weighted by molar-refractivity contribution is 6.00. The van der Waals surface area contributed by atoms with Crippen molar-refractivity contribution in [3.8, 4) is 16.9 Å². The van der Waals surface area contributed by atoms with E-state index in [4.69, 9.17) is 62.4 Å². The Morgan fingerprint density at radius 2 is 1.09 bits per heavy atom. The fraction of sp³-hybridized carbons (Fsp3) is 0.564. The standard InChI is InChI=1S/C55H79N7O16/c1-44-14-16-58-52(41-44)57-15-4-7-53(63)59-43-54(64)61-50(42-55(65)66)46-10-8-45(9-11-46)47-12-13-51(49-6-3-2-5-48(47)49)78-40-39-77-38-37-76-36-35-75-34-33-74-32-31-73-30-29-72-28-27-71-26-25-70-24-23-69-22-21-68-20-19-67-18-17-60-62-56/h2-3,5-6,8-14,16,41,50H,4,7,15,17-40,42-43H2,1H3,(H,57,58)(H,59,63)(H,61,64)(H,65,66)/t50-/m0/s1. The second-order valence-corrected chi connectivity index (χ2v) is 17.1. The van der Waals surface area contributed by atoms with E-state index < -0.39 is 17.9 Å². The highest BCUT2D eigenvalue weighted by atomic mass is 16.6. The molecule has 1 heterocycles. The van der Waals surface area contributed by atoms with Crippen molar-refractivity contribution in [3.63, 3.8) is 0 Å². The molecule has 1 aromatic heterocycles. The smallest absolute Gasteiger partial charge is 0.305 e. The van der Waals surface area contributed by atoms with Crippen molar-refractivity contribution in [1.82, 2.24) is 15.6 Å². The maximum atomic E-state index is 12.8. The molecule has 4 N–H and O–H groups in total. The molecule has 0 aliphatic rings. The van der Waals surface area contributed by atoms with Crippen LogP contribution >= 0.6 is 0 Å². The van der Waals surface area contributed by atoms with Crippen molar-refractivity contribution in [2.45, 2.75) is 32.2 Å². The number of hydrogen-bond donors (Lipinski definition) is 4. The molecule has 0 aliphatic heterocycles. The molecule has 2 amide bonds. The predicted molar refractivity (Wildman–Crippen MR) is 291 cm³/mol. The lowest BCUT2D eigenvalue weighted by Gasteiger charge is -2.19. The van der Waals surface area contributed by atoms with Crippen LogP contribution in [-0.4, -0.2) is 199 Å². The van der Waals surface area contributed by atoms with Gasteiger partial charge < -0.3 is 77.9 Å². The molecule has 0 saturated carbocycles. The van der Waals surface area contributed by atoms with Gasteiger partial charge in [-0.1, -0.05) is 59.7 Å². The summed E-state index contributed by atoms with van der Waals surface area (Å²) in [6, 6.07) is 22.3. The number of carboxylic acid groups (broad SMARTS) is 1. The van der Waals surface area contributed by atoms with Gasteiger partial charge in [-0.3, -0.25) is 14.4 Å². The normalized spacial score (nSPS) is 11.6. The van der Waals surface area contributed by atoms with E-state index >= 15 is 0 Å². The van der Waals surface area contributed by atoms with E-state index in [1.54, 1.807) is 18.3 Å². The number of aliphatic carboxylic acids is 1. The number of pyridine rings is 1. The number of carbonyl (C=O) groups is 3. The molecule has 0 bridgehead atoms. The first-order valence-corrected chi connectivity index (χ1v) is 26.4. The van der Waals surface area contributed by atoms with Gasteiger partial charge in [0.15, 0.2) is 0 Å². The van der Waals surface area contributed by atoms with Crippen LogP contribution < -0.4 is 20.7 Å². The van der Waals surface area contributed by atoms with Crippen LogP contribution in [0.5, 0.6) is 5.75 Å². The summed E-state index contributed by atoms with van der Waals surface area (Å²) in [6.07, 6.45) is 2.15. The van der Waals surface area contributed by atoms with E-state index in [1.807, 2.05) is 67.6 Å². The lowest BCUT2D eigenvalue weighted by molar-refractivity contribution is -0.138. The van der Waals surface area contributed by atoms with Crippen LogP contribution in [-0.2, 0) is 66.5 Å². The van der Waals surface area contributed by atoms with Crippen molar-refractivity contribution in [2.75, 3.05) is 177 Å². The molecule has 0 aliphatic carbocycles. The Kier molecular flexibility index (Phi) is 35.5. The van der Waals surface area contributed by atoms with Crippen molar-refractivity contribution in [2.24, 2.45) is 5.11 Å². The molecule has 0 spiro atoms. The first-order valence-electron chi connectivity index (χ1n) is 26.4. The number of aromatic nitrogens is 1. The van der Waals surface area contributed by atoms with Gasteiger partial charge in [0.25, 0.3) is 0 Å². The largest absolute Gasteiger partial charge is 0.491 e. The second kappa shape index (κ2) is 42.9. The lowest BCUT2D eigenvalue weighted by atomic mass is 9.95. The Balaban J connectivity index is 0.944. The fourth-order valence-electron chi connectivity index (χ4n) is 7.24. The van der Waals surface area contributed by atoms with Crippen LogP contribution in [0.1, 0.15) is 36.4 Å². The van der Waals surface area contributed by atoms with Gasteiger partial charge >= 0.3 is 5.97 Å². The molecule has 0 unspecified atom stereocenters. The summed E-state index contributed by atoms with van der Waals surface area (Å²) in [4.78, 5) is 43.9. The molecule has 1 atom stereocenters. The molecule has 23 nitrogen and oxygen atoms in total. The van der Waals surface area contributed by atoms with E-state index in [9.17, 15) is 19.5 Å². The maximum absolute atomic E-state index is 12.8. The number of ether oxygens (including phenoxy) is 12. The minimum atomic E-state index is -1.07. The highest BCUT2D eigenvalue weighted by Gasteiger charge is 2.19. The van der Waals surface area contributed by atoms with Crippen LogP contribution in [0.3, 0.4) is 0 Å². The number of nitrogens with one attached hydrogen (secondary N) is 3. The number of fused-ring (bicyclic) bond motifs is 1. The number of carboxylic acids is 1. The number of azide groups is 1. The van der Waals surface area contributed by atoms with Gasteiger partial charge in [0, 0.05) is 36.0 Å². The predicted octanol–water partition coefficient (Wildman–Crippen LogP) is 5.72. The summed E-state index contributed by atoms with van der Waals surface area (Å²) in [5.74, 6) is -0.383. The summed E-state index contributed by atoms with van der Waals surface area (Å²) in [7, 11) is 0. The van der Waals surface area contributed by atoms with Gasteiger partial charge in [0.2, 0.25) is 11.8 Å². The van der Waals surface area contributed by atoms with E-state index in [0.29, 0.717) is 183 Å². The molecule has 0 saturated heterocycles. The molecule has 0 fully saturated rings. The number of anilines is 1. The Morgan fingerprint density at radius 3 is 1.58 bits per heavy atom. The van der Waals surface area contributed by atoms with Crippen LogP contribution in [0.2, 0.25) is 0 Å². The average Bonchev–Trinajstić information content (AvgIpc) is 3.50. The summed E-state index contributed by atoms with van der Waals surface area (Å²) < 4.78 is 66.7. The van der Waals surface area contributed by atoms with Gasteiger partial charge in [-0.15, -0.1) is 0 Å². The monoisotopic (exact) mass is 1090 g/mol. The lowest BCUT2D eigenvalue weighted by Crippen LogP contribution is -2.39. The van der Waals surface area contributed by atoms with Crippen LogP contribution in [0.15, 0.2) is 84.1 Å². The second-order valence-electron chi connectivity index (χ2n) is 17.1. The molecule has 4 aromatic rings. The van der Waals surface area contributed by atoms with Crippen molar-refractivity contribution in [1.29, 1.82) is 0 Å². The molecular weight excluding hydrogens is 1010 g/mol. The fourth-order valence-corrected chi connectivity index (χ4v) is 7.24. The van der Waals surface area contributed by atoms with E-state index in [-0.39, 0.29) is 25.3 Å². The number of carbonyl (C=O) groups excluding carboxylic acids is 2. The first-order chi connectivity index (χ1) is 38.3. The zero-order valence-electron chi connectivity index (χ0n) is 44.9. The third-order valence-electron chi connectivity index (χ3n) is 11.1. The third-order valence-corrected chi connectivity index (χ3v) is 11.1. The summed E-state index contributed by atoms with van der Waals surface area (Å²) >= 11 is 0. The first kappa shape index (κ1) is 64.5. The number of benzene rings is 3. The Bertz CT molecular complexity index is 2290. The van der Waals surface area contributed by atoms with Crippen LogP contribution in [0, 0.1) is 6.92 Å². The highest BCUT2D eigenvalue weighted by Crippen LogP contribution is 2.35. The number of nitrogens with zero attached hydrogens (tertiary/aromatic N) is 4.